The van der Waals surface area contributed by atoms with Crippen LogP contribution in [0.2, 0.25) is 0 Å². The van der Waals surface area contributed by atoms with Gasteiger partial charge in [0.05, 0.1) is 31.1 Å². The molecular formula is C12H16O6S. The van der Waals surface area contributed by atoms with Crippen molar-refractivity contribution in [3.63, 3.8) is 0 Å². The minimum Gasteiger partial charge on any atom is -0.469 e. The van der Waals surface area contributed by atoms with Gasteiger partial charge < -0.3 is 9.84 Å². The molecule has 7 heteroatoms. The Bertz CT molecular complexity index is 520. The monoisotopic (exact) mass is 288 g/mol. The third-order valence-electron chi connectivity index (χ3n) is 2.36. The van der Waals surface area contributed by atoms with Crippen LogP contribution < -0.4 is 0 Å². The van der Waals surface area contributed by atoms with Crippen molar-refractivity contribution in [1.29, 1.82) is 0 Å². The number of carbonyl (C=O) groups excluding carboxylic acids is 1. The minimum atomic E-state index is -3.93. The molecule has 1 aromatic rings. The zero-order valence-electron chi connectivity index (χ0n) is 10.7. The SMILES string of the molecule is COC(=O)CC(O)COS(=O)(=O)c1ccc(C)cc1. The third-order valence-corrected chi connectivity index (χ3v) is 3.65. The summed E-state index contributed by atoms with van der Waals surface area (Å²) >= 11 is 0. The van der Waals surface area contributed by atoms with Gasteiger partial charge in [-0.15, -0.1) is 0 Å². The number of esters is 1. The van der Waals surface area contributed by atoms with Crippen LogP contribution >= 0.6 is 0 Å². The summed E-state index contributed by atoms with van der Waals surface area (Å²) in [6, 6.07) is 6.11. The molecule has 0 aliphatic rings. The number of hydrogen-bond acceptors (Lipinski definition) is 6. The molecule has 0 amide bonds. The Morgan fingerprint density at radius 1 is 1.32 bits per heavy atom. The highest BCUT2D eigenvalue weighted by Crippen LogP contribution is 2.13. The lowest BCUT2D eigenvalue weighted by molar-refractivity contribution is -0.143. The van der Waals surface area contributed by atoms with E-state index in [0.29, 0.717) is 0 Å². The number of carbonyl (C=O) groups is 1. The van der Waals surface area contributed by atoms with Gasteiger partial charge in [0.2, 0.25) is 0 Å². The summed E-state index contributed by atoms with van der Waals surface area (Å²) in [5, 5.41) is 9.41. The van der Waals surface area contributed by atoms with E-state index >= 15 is 0 Å². The molecule has 6 nitrogen and oxygen atoms in total. The molecule has 0 saturated carbocycles. The quantitative estimate of drug-likeness (QED) is 0.610. The molecule has 0 fully saturated rings. The van der Waals surface area contributed by atoms with E-state index in [1.165, 1.54) is 19.2 Å². The molecule has 1 atom stereocenters. The molecule has 1 unspecified atom stereocenters. The van der Waals surface area contributed by atoms with Gasteiger partial charge in [-0.1, -0.05) is 17.7 Å². The smallest absolute Gasteiger partial charge is 0.308 e. The fourth-order valence-electron chi connectivity index (χ4n) is 1.28. The van der Waals surface area contributed by atoms with Gasteiger partial charge in [0.25, 0.3) is 10.1 Å². The summed E-state index contributed by atoms with van der Waals surface area (Å²) < 4.78 is 32.5. The van der Waals surface area contributed by atoms with Gasteiger partial charge in [-0.2, -0.15) is 8.42 Å². The van der Waals surface area contributed by atoms with Gasteiger partial charge in [-0.25, -0.2) is 0 Å². The number of aliphatic hydroxyl groups excluding tert-OH is 1. The van der Waals surface area contributed by atoms with E-state index in [1.807, 2.05) is 6.92 Å². The lowest BCUT2D eigenvalue weighted by Crippen LogP contribution is -2.22. The number of benzene rings is 1. The van der Waals surface area contributed by atoms with E-state index in [9.17, 15) is 18.3 Å². The Balaban J connectivity index is 2.61. The second-order valence-corrected chi connectivity index (χ2v) is 5.60. The molecule has 0 aromatic heterocycles. The Morgan fingerprint density at radius 2 is 1.89 bits per heavy atom. The molecule has 106 valence electrons. The van der Waals surface area contributed by atoms with E-state index in [0.717, 1.165) is 5.56 Å². The van der Waals surface area contributed by atoms with Crippen LogP contribution in [0.25, 0.3) is 0 Å². The Labute approximate surface area is 112 Å². The van der Waals surface area contributed by atoms with Crippen LogP contribution in [-0.4, -0.2) is 39.3 Å². The van der Waals surface area contributed by atoms with Crippen molar-refractivity contribution in [3.8, 4) is 0 Å². The summed E-state index contributed by atoms with van der Waals surface area (Å²) in [5.74, 6) is -0.635. The molecule has 1 aromatic carbocycles. The highest BCUT2D eigenvalue weighted by molar-refractivity contribution is 7.86. The van der Waals surface area contributed by atoms with Gasteiger partial charge in [0, 0.05) is 0 Å². The van der Waals surface area contributed by atoms with Gasteiger partial charge in [-0.3, -0.25) is 8.98 Å². The summed E-state index contributed by atoms with van der Waals surface area (Å²) in [4.78, 5) is 10.9. The number of hydrogen-bond donors (Lipinski definition) is 1. The second-order valence-electron chi connectivity index (χ2n) is 3.99. The van der Waals surface area contributed by atoms with Crippen LogP contribution in [0.1, 0.15) is 12.0 Å². The standard InChI is InChI=1S/C12H16O6S/c1-9-3-5-11(6-4-9)19(15,16)18-8-10(13)7-12(14)17-2/h3-6,10,13H,7-8H2,1-2H3. The molecule has 1 N–H and O–H groups in total. The number of aryl methyl sites for hydroxylation is 1. The molecule has 19 heavy (non-hydrogen) atoms. The lowest BCUT2D eigenvalue weighted by atomic mass is 10.2. The summed E-state index contributed by atoms with van der Waals surface area (Å²) in [5.41, 5.74) is 0.921. The molecule has 0 spiro atoms. The minimum absolute atomic E-state index is 0.00312. The topological polar surface area (TPSA) is 89.9 Å². The maximum absolute atomic E-state index is 11.8. The zero-order chi connectivity index (χ0) is 14.5. The predicted octanol–water partition coefficient (Wildman–Crippen LogP) is 0.624. The molecular weight excluding hydrogens is 272 g/mol. The largest absolute Gasteiger partial charge is 0.469 e. The van der Waals surface area contributed by atoms with Crippen LogP contribution in [0.3, 0.4) is 0 Å². The third kappa shape index (κ3) is 4.98. The van der Waals surface area contributed by atoms with Crippen molar-refractivity contribution in [2.75, 3.05) is 13.7 Å². The molecule has 0 bridgehead atoms. The van der Waals surface area contributed by atoms with Crippen LogP contribution in [0.15, 0.2) is 29.2 Å². The first-order chi connectivity index (χ1) is 8.85. The first-order valence-corrected chi connectivity index (χ1v) is 6.97. The highest BCUT2D eigenvalue weighted by atomic mass is 32.2. The molecule has 0 aliphatic heterocycles. The average Bonchev–Trinajstić information content (AvgIpc) is 2.37. The van der Waals surface area contributed by atoms with Crippen molar-refractivity contribution in [3.05, 3.63) is 29.8 Å². The molecule has 0 heterocycles. The normalized spacial score (nSPS) is 13.0. The van der Waals surface area contributed by atoms with Gasteiger partial charge in [0.1, 0.15) is 0 Å². The Hall–Kier alpha value is -1.44. The van der Waals surface area contributed by atoms with Crippen molar-refractivity contribution in [1.82, 2.24) is 0 Å². The first kappa shape index (κ1) is 15.6. The first-order valence-electron chi connectivity index (χ1n) is 5.56. The van der Waals surface area contributed by atoms with E-state index < -0.39 is 28.8 Å². The number of ether oxygens (including phenoxy) is 1. The van der Waals surface area contributed by atoms with Crippen LogP contribution in [0.5, 0.6) is 0 Å². The summed E-state index contributed by atoms with van der Waals surface area (Å²) in [6.07, 6.45) is -1.55. The maximum atomic E-state index is 11.8. The van der Waals surface area contributed by atoms with Gasteiger partial charge >= 0.3 is 5.97 Å². The van der Waals surface area contributed by atoms with E-state index in [4.69, 9.17) is 0 Å². The summed E-state index contributed by atoms with van der Waals surface area (Å²) in [7, 11) is -2.75. The Morgan fingerprint density at radius 3 is 2.42 bits per heavy atom. The van der Waals surface area contributed by atoms with E-state index in [-0.39, 0.29) is 11.3 Å². The molecule has 0 aliphatic carbocycles. The van der Waals surface area contributed by atoms with Crippen molar-refractivity contribution >= 4 is 16.1 Å². The molecule has 0 radical (unpaired) electrons. The molecule has 1 rings (SSSR count). The second kappa shape index (κ2) is 6.65. The highest BCUT2D eigenvalue weighted by Gasteiger charge is 2.19. The van der Waals surface area contributed by atoms with Crippen LogP contribution in [0, 0.1) is 6.92 Å². The number of methoxy groups -OCH3 is 1. The van der Waals surface area contributed by atoms with E-state index in [2.05, 4.69) is 8.92 Å². The van der Waals surface area contributed by atoms with E-state index in [1.54, 1.807) is 12.1 Å². The van der Waals surface area contributed by atoms with Crippen LogP contribution in [0.4, 0.5) is 0 Å². The van der Waals surface area contributed by atoms with Crippen molar-refractivity contribution in [2.24, 2.45) is 0 Å². The lowest BCUT2D eigenvalue weighted by Gasteiger charge is -2.10. The van der Waals surface area contributed by atoms with Gasteiger partial charge in [-0.05, 0) is 19.1 Å². The fourth-order valence-corrected chi connectivity index (χ4v) is 2.22. The number of rotatable bonds is 6. The summed E-state index contributed by atoms with van der Waals surface area (Å²) in [6.45, 7) is 1.34. The van der Waals surface area contributed by atoms with Crippen molar-refractivity contribution < 1.29 is 27.2 Å². The average molecular weight is 288 g/mol. The molecule has 0 saturated heterocycles. The maximum Gasteiger partial charge on any atom is 0.308 e. The Kier molecular flexibility index (Phi) is 5.46. The van der Waals surface area contributed by atoms with Crippen molar-refractivity contribution in [2.45, 2.75) is 24.3 Å². The van der Waals surface area contributed by atoms with Gasteiger partial charge in [0.15, 0.2) is 0 Å². The van der Waals surface area contributed by atoms with Crippen LogP contribution in [-0.2, 0) is 23.8 Å². The zero-order valence-corrected chi connectivity index (χ0v) is 11.5. The fraction of sp³-hybridized carbons (Fsp3) is 0.417. The number of aliphatic hydroxyl groups is 1. The predicted molar refractivity (Wildman–Crippen MR) is 67.0 cm³/mol.